The summed E-state index contributed by atoms with van der Waals surface area (Å²) in [5.74, 6) is 2.27. The Hall–Kier alpha value is -2.95. The number of hydrogen-bond acceptors (Lipinski definition) is 5. The van der Waals surface area contributed by atoms with Crippen LogP contribution in [0.5, 0.6) is 0 Å². The van der Waals surface area contributed by atoms with Crippen molar-refractivity contribution in [2.45, 2.75) is 25.7 Å². The first-order chi connectivity index (χ1) is 13.9. The third-order valence-corrected chi connectivity index (χ3v) is 5.37. The van der Waals surface area contributed by atoms with E-state index in [4.69, 9.17) is 0 Å². The zero-order chi connectivity index (χ0) is 19.0. The molecule has 0 amide bonds. The van der Waals surface area contributed by atoms with Gasteiger partial charge in [0.2, 0.25) is 5.95 Å². The topological polar surface area (TPSA) is 53.9 Å². The summed E-state index contributed by atoms with van der Waals surface area (Å²) in [5.41, 5.74) is 2.75. The minimum absolute atomic E-state index is 0.735. The summed E-state index contributed by atoms with van der Waals surface area (Å²) in [6.07, 6.45) is 6.17. The van der Waals surface area contributed by atoms with Crippen LogP contribution in [0.4, 0.5) is 11.8 Å². The van der Waals surface area contributed by atoms with Crippen molar-refractivity contribution >= 4 is 11.8 Å². The van der Waals surface area contributed by atoms with Gasteiger partial charge >= 0.3 is 0 Å². The van der Waals surface area contributed by atoms with Gasteiger partial charge in [-0.1, -0.05) is 60.7 Å². The highest BCUT2D eigenvalue weighted by Gasteiger charge is 2.21. The molecule has 1 aliphatic rings. The molecular formula is C23H27N5. The standard InChI is InChI=1S/C23H27N5/c1-3-7-19(8-4-1)11-14-24-22-18-25-27-23(26-22)28-15-12-21(13-16-28)17-20-9-5-2-6-10-20/h1-10,18,21H,11-17H2,(H,24,26,27). The Labute approximate surface area is 166 Å². The van der Waals surface area contributed by atoms with Crippen LogP contribution < -0.4 is 10.2 Å². The van der Waals surface area contributed by atoms with Gasteiger partial charge in [-0.05, 0) is 42.7 Å². The predicted octanol–water partition coefficient (Wildman–Crippen LogP) is 3.99. The van der Waals surface area contributed by atoms with Crippen LogP contribution in [0.3, 0.4) is 0 Å². The highest BCUT2D eigenvalue weighted by Crippen LogP contribution is 2.24. The molecule has 1 aromatic heterocycles. The molecule has 0 atom stereocenters. The number of benzene rings is 2. The van der Waals surface area contributed by atoms with Crippen molar-refractivity contribution in [1.82, 2.24) is 15.2 Å². The van der Waals surface area contributed by atoms with Gasteiger partial charge in [0, 0.05) is 19.6 Å². The van der Waals surface area contributed by atoms with Gasteiger partial charge < -0.3 is 10.2 Å². The normalized spacial score (nSPS) is 14.8. The number of nitrogens with zero attached hydrogens (tertiary/aromatic N) is 4. The maximum atomic E-state index is 4.68. The maximum absolute atomic E-state index is 4.68. The largest absolute Gasteiger partial charge is 0.368 e. The molecule has 1 aliphatic heterocycles. The molecule has 5 nitrogen and oxygen atoms in total. The van der Waals surface area contributed by atoms with Crippen LogP contribution in [0.25, 0.3) is 0 Å². The maximum Gasteiger partial charge on any atom is 0.247 e. The van der Waals surface area contributed by atoms with E-state index in [1.165, 1.54) is 24.0 Å². The Kier molecular flexibility index (Phi) is 6.12. The average Bonchev–Trinajstić information content (AvgIpc) is 2.76. The fourth-order valence-electron chi connectivity index (χ4n) is 3.78. The minimum Gasteiger partial charge on any atom is -0.368 e. The zero-order valence-electron chi connectivity index (χ0n) is 16.2. The van der Waals surface area contributed by atoms with Crippen LogP contribution in [0.2, 0.25) is 0 Å². The molecule has 0 radical (unpaired) electrons. The summed E-state index contributed by atoms with van der Waals surface area (Å²) in [7, 11) is 0. The Morgan fingerprint density at radius 2 is 1.57 bits per heavy atom. The molecule has 28 heavy (non-hydrogen) atoms. The van der Waals surface area contributed by atoms with Crippen molar-refractivity contribution in [3.8, 4) is 0 Å². The molecule has 5 heteroatoms. The molecule has 0 bridgehead atoms. The molecule has 0 unspecified atom stereocenters. The first kappa shape index (κ1) is 18.4. The van der Waals surface area contributed by atoms with Gasteiger partial charge in [0.1, 0.15) is 0 Å². The number of hydrogen-bond donors (Lipinski definition) is 1. The van der Waals surface area contributed by atoms with E-state index in [1.807, 2.05) is 6.07 Å². The van der Waals surface area contributed by atoms with Gasteiger partial charge in [0.25, 0.3) is 0 Å². The summed E-state index contributed by atoms with van der Waals surface area (Å²) in [6, 6.07) is 21.3. The molecular weight excluding hydrogens is 346 g/mol. The lowest BCUT2D eigenvalue weighted by Crippen LogP contribution is -2.35. The number of anilines is 2. The summed E-state index contributed by atoms with van der Waals surface area (Å²) >= 11 is 0. The minimum atomic E-state index is 0.735. The fourth-order valence-corrected chi connectivity index (χ4v) is 3.78. The first-order valence-electron chi connectivity index (χ1n) is 10.1. The van der Waals surface area contributed by atoms with Crippen LogP contribution in [0, 0.1) is 5.92 Å². The van der Waals surface area contributed by atoms with Gasteiger partial charge in [-0.3, -0.25) is 0 Å². The van der Waals surface area contributed by atoms with E-state index in [0.717, 1.165) is 50.2 Å². The van der Waals surface area contributed by atoms with E-state index in [1.54, 1.807) is 6.20 Å². The Bertz CT molecular complexity index is 845. The van der Waals surface area contributed by atoms with Crippen LogP contribution in [-0.4, -0.2) is 34.8 Å². The Balaban J connectivity index is 1.27. The second-order valence-electron chi connectivity index (χ2n) is 7.42. The molecule has 2 aromatic carbocycles. The molecule has 1 fully saturated rings. The number of aromatic nitrogens is 3. The Morgan fingerprint density at radius 1 is 0.893 bits per heavy atom. The number of nitrogens with one attached hydrogen (secondary N) is 1. The molecule has 1 N–H and O–H groups in total. The molecule has 0 spiro atoms. The van der Waals surface area contributed by atoms with Crippen LogP contribution >= 0.6 is 0 Å². The summed E-state index contributed by atoms with van der Waals surface area (Å²) in [5, 5.41) is 11.8. The van der Waals surface area contributed by atoms with Gasteiger partial charge in [0.15, 0.2) is 5.82 Å². The zero-order valence-corrected chi connectivity index (χ0v) is 16.2. The van der Waals surface area contributed by atoms with Crippen molar-refractivity contribution in [3.05, 3.63) is 78.0 Å². The molecule has 1 saturated heterocycles. The van der Waals surface area contributed by atoms with Gasteiger partial charge in [-0.2, -0.15) is 10.1 Å². The smallest absolute Gasteiger partial charge is 0.247 e. The van der Waals surface area contributed by atoms with Crippen LogP contribution in [0.1, 0.15) is 24.0 Å². The van der Waals surface area contributed by atoms with Crippen molar-refractivity contribution < 1.29 is 0 Å². The number of piperidine rings is 1. The van der Waals surface area contributed by atoms with E-state index in [0.29, 0.717) is 0 Å². The van der Waals surface area contributed by atoms with Crippen molar-refractivity contribution in [1.29, 1.82) is 0 Å². The van der Waals surface area contributed by atoms with Crippen molar-refractivity contribution in [2.75, 3.05) is 29.9 Å². The molecule has 3 aromatic rings. The lowest BCUT2D eigenvalue weighted by Gasteiger charge is -2.31. The molecule has 0 saturated carbocycles. The van der Waals surface area contributed by atoms with E-state index in [-0.39, 0.29) is 0 Å². The third-order valence-electron chi connectivity index (χ3n) is 5.37. The van der Waals surface area contributed by atoms with Gasteiger partial charge in [0.05, 0.1) is 6.20 Å². The van der Waals surface area contributed by atoms with Crippen molar-refractivity contribution in [2.24, 2.45) is 5.92 Å². The monoisotopic (exact) mass is 373 g/mol. The van der Waals surface area contributed by atoms with Gasteiger partial charge in [-0.15, -0.1) is 5.10 Å². The van der Waals surface area contributed by atoms with Crippen LogP contribution in [0.15, 0.2) is 66.9 Å². The Morgan fingerprint density at radius 3 is 2.29 bits per heavy atom. The summed E-state index contributed by atoms with van der Waals surface area (Å²) in [4.78, 5) is 6.94. The fraction of sp³-hybridized carbons (Fsp3) is 0.348. The second kappa shape index (κ2) is 9.31. The quantitative estimate of drug-likeness (QED) is 0.679. The molecule has 0 aliphatic carbocycles. The van der Waals surface area contributed by atoms with E-state index < -0.39 is 0 Å². The molecule has 144 valence electrons. The van der Waals surface area contributed by atoms with E-state index >= 15 is 0 Å². The predicted molar refractivity (Wildman–Crippen MR) is 114 cm³/mol. The molecule has 4 rings (SSSR count). The van der Waals surface area contributed by atoms with E-state index in [9.17, 15) is 0 Å². The SMILES string of the molecule is c1ccc(CCNc2cnnc(N3CCC(Cc4ccccc4)CC3)n2)cc1. The lowest BCUT2D eigenvalue weighted by atomic mass is 9.90. The van der Waals surface area contributed by atoms with Crippen LogP contribution in [-0.2, 0) is 12.8 Å². The first-order valence-corrected chi connectivity index (χ1v) is 10.1. The van der Waals surface area contributed by atoms with Gasteiger partial charge in [-0.25, -0.2) is 0 Å². The average molecular weight is 374 g/mol. The summed E-state index contributed by atoms with van der Waals surface area (Å²) in [6.45, 7) is 2.82. The number of rotatable bonds is 7. The highest BCUT2D eigenvalue weighted by atomic mass is 15.3. The summed E-state index contributed by atoms with van der Waals surface area (Å²) < 4.78 is 0. The van der Waals surface area contributed by atoms with Crippen molar-refractivity contribution in [3.63, 3.8) is 0 Å². The third kappa shape index (κ3) is 5.06. The second-order valence-corrected chi connectivity index (χ2v) is 7.42. The lowest BCUT2D eigenvalue weighted by molar-refractivity contribution is 0.400. The highest BCUT2D eigenvalue weighted by molar-refractivity contribution is 5.39. The van der Waals surface area contributed by atoms with E-state index in [2.05, 4.69) is 80.0 Å². The molecule has 2 heterocycles.